The third-order valence-corrected chi connectivity index (χ3v) is 4.57. The second-order valence-electron chi connectivity index (χ2n) is 5.21. The number of thiazole rings is 1. The Hall–Kier alpha value is -1.19. The molecule has 0 spiro atoms. The van der Waals surface area contributed by atoms with Gasteiger partial charge in [0, 0.05) is 4.88 Å². The van der Waals surface area contributed by atoms with Gasteiger partial charge in [-0.05, 0) is 30.4 Å². The van der Waals surface area contributed by atoms with Crippen LogP contribution >= 0.6 is 11.3 Å². The lowest BCUT2D eigenvalue weighted by molar-refractivity contribution is 0.833. The Morgan fingerprint density at radius 2 is 1.74 bits per heavy atom. The molecule has 1 aromatic carbocycles. The molecular weight excluding hydrogens is 252 g/mol. The Bertz CT molecular complexity index is 540. The highest BCUT2D eigenvalue weighted by Gasteiger charge is 2.15. The van der Waals surface area contributed by atoms with Crippen molar-refractivity contribution in [2.75, 3.05) is 0 Å². The van der Waals surface area contributed by atoms with Crippen molar-refractivity contribution in [2.45, 2.75) is 46.1 Å². The highest BCUT2D eigenvalue weighted by molar-refractivity contribution is 7.11. The van der Waals surface area contributed by atoms with Crippen LogP contribution in [0.5, 0.6) is 0 Å². The highest BCUT2D eigenvalue weighted by atomic mass is 32.1. The maximum Gasteiger partial charge on any atom is 0.114 e. The number of nitrogens with two attached hydrogens (primary N) is 1. The van der Waals surface area contributed by atoms with Crippen LogP contribution < -0.4 is 5.73 Å². The van der Waals surface area contributed by atoms with Crippen molar-refractivity contribution in [3.63, 3.8) is 0 Å². The molecular formula is C16H22N2S. The number of aromatic nitrogens is 1. The summed E-state index contributed by atoms with van der Waals surface area (Å²) >= 11 is 1.72. The number of hydrogen-bond acceptors (Lipinski definition) is 3. The van der Waals surface area contributed by atoms with Crippen molar-refractivity contribution in [1.82, 2.24) is 4.98 Å². The van der Waals surface area contributed by atoms with Crippen LogP contribution in [0, 0.1) is 6.92 Å². The molecule has 2 rings (SSSR count). The summed E-state index contributed by atoms with van der Waals surface area (Å²) in [5, 5.41) is 1.02. The Morgan fingerprint density at radius 1 is 1.16 bits per heavy atom. The second kappa shape index (κ2) is 5.85. The Kier molecular flexibility index (Phi) is 4.38. The van der Waals surface area contributed by atoms with E-state index in [0.29, 0.717) is 5.92 Å². The van der Waals surface area contributed by atoms with Gasteiger partial charge in [-0.1, -0.05) is 45.0 Å². The molecule has 0 aliphatic carbocycles. The molecule has 0 fully saturated rings. The maximum atomic E-state index is 6.33. The van der Waals surface area contributed by atoms with Gasteiger partial charge in [0.1, 0.15) is 5.01 Å². The van der Waals surface area contributed by atoms with Gasteiger partial charge < -0.3 is 5.73 Å². The van der Waals surface area contributed by atoms with Crippen LogP contribution in [0.1, 0.15) is 59.4 Å². The van der Waals surface area contributed by atoms with E-state index in [9.17, 15) is 0 Å². The number of rotatable bonds is 4. The van der Waals surface area contributed by atoms with Gasteiger partial charge in [0.05, 0.1) is 11.7 Å². The predicted octanol–water partition coefficient (Wildman–Crippen LogP) is 4.19. The summed E-state index contributed by atoms with van der Waals surface area (Å²) < 4.78 is 0. The Labute approximate surface area is 119 Å². The summed E-state index contributed by atoms with van der Waals surface area (Å²) in [4.78, 5) is 5.94. The first kappa shape index (κ1) is 14.2. The van der Waals surface area contributed by atoms with Crippen LogP contribution in [0.15, 0.2) is 24.3 Å². The molecule has 0 aliphatic rings. The summed E-state index contributed by atoms with van der Waals surface area (Å²) in [6.45, 7) is 8.66. The van der Waals surface area contributed by atoms with E-state index in [4.69, 9.17) is 5.73 Å². The van der Waals surface area contributed by atoms with E-state index >= 15 is 0 Å². The lowest BCUT2D eigenvalue weighted by Gasteiger charge is -2.11. The van der Waals surface area contributed by atoms with Crippen LogP contribution in [0.4, 0.5) is 0 Å². The SMILES string of the molecule is CCc1nc(C(N)c2ccc(C(C)C)cc2)sc1C. The molecule has 2 nitrogen and oxygen atoms in total. The topological polar surface area (TPSA) is 38.9 Å². The molecule has 19 heavy (non-hydrogen) atoms. The van der Waals surface area contributed by atoms with Crippen LogP contribution in [0.2, 0.25) is 0 Å². The molecule has 0 aliphatic heterocycles. The van der Waals surface area contributed by atoms with Crippen LogP contribution in [0.25, 0.3) is 0 Å². The van der Waals surface area contributed by atoms with E-state index in [1.807, 2.05) is 0 Å². The van der Waals surface area contributed by atoms with Crippen molar-refractivity contribution in [3.05, 3.63) is 51.0 Å². The second-order valence-corrected chi connectivity index (χ2v) is 6.44. The zero-order valence-corrected chi connectivity index (χ0v) is 12.9. The summed E-state index contributed by atoms with van der Waals surface area (Å²) in [7, 11) is 0. The first-order valence-corrected chi connectivity index (χ1v) is 7.66. The summed E-state index contributed by atoms with van der Waals surface area (Å²) in [6.07, 6.45) is 0.974. The normalized spacial score (nSPS) is 12.9. The lowest BCUT2D eigenvalue weighted by atomic mass is 9.99. The van der Waals surface area contributed by atoms with E-state index in [1.54, 1.807) is 11.3 Å². The van der Waals surface area contributed by atoms with E-state index in [0.717, 1.165) is 17.0 Å². The molecule has 2 aromatic rings. The number of aryl methyl sites for hydroxylation is 2. The van der Waals surface area contributed by atoms with Crippen LogP contribution in [-0.4, -0.2) is 4.98 Å². The van der Waals surface area contributed by atoms with E-state index in [2.05, 4.69) is 56.9 Å². The van der Waals surface area contributed by atoms with Crippen molar-refractivity contribution in [1.29, 1.82) is 0 Å². The summed E-state index contributed by atoms with van der Waals surface area (Å²) in [5.41, 5.74) is 9.99. The molecule has 0 bridgehead atoms. The fourth-order valence-corrected chi connectivity index (χ4v) is 3.18. The fraction of sp³-hybridized carbons (Fsp3) is 0.438. The highest BCUT2D eigenvalue weighted by Crippen LogP contribution is 2.27. The molecule has 0 saturated heterocycles. The van der Waals surface area contributed by atoms with E-state index in [1.165, 1.54) is 16.1 Å². The first-order chi connectivity index (χ1) is 9.02. The molecule has 0 amide bonds. The third kappa shape index (κ3) is 3.04. The average Bonchev–Trinajstić information content (AvgIpc) is 2.79. The molecule has 1 atom stereocenters. The van der Waals surface area contributed by atoms with Crippen molar-refractivity contribution in [2.24, 2.45) is 5.73 Å². The summed E-state index contributed by atoms with van der Waals surface area (Å²) in [5.74, 6) is 0.555. The molecule has 102 valence electrons. The lowest BCUT2D eigenvalue weighted by Crippen LogP contribution is -2.11. The van der Waals surface area contributed by atoms with Gasteiger partial charge in [0.2, 0.25) is 0 Å². The molecule has 0 saturated carbocycles. The van der Waals surface area contributed by atoms with Gasteiger partial charge >= 0.3 is 0 Å². The Balaban J connectivity index is 2.25. The number of benzene rings is 1. The van der Waals surface area contributed by atoms with Gasteiger partial charge in [-0.15, -0.1) is 11.3 Å². The molecule has 2 N–H and O–H groups in total. The minimum absolute atomic E-state index is 0.106. The van der Waals surface area contributed by atoms with E-state index < -0.39 is 0 Å². The smallest absolute Gasteiger partial charge is 0.114 e. The zero-order chi connectivity index (χ0) is 14.0. The molecule has 0 radical (unpaired) electrons. The molecule has 3 heteroatoms. The van der Waals surface area contributed by atoms with Gasteiger partial charge in [-0.2, -0.15) is 0 Å². The monoisotopic (exact) mass is 274 g/mol. The fourth-order valence-electron chi connectivity index (χ4n) is 2.14. The van der Waals surface area contributed by atoms with Crippen LogP contribution in [0.3, 0.4) is 0 Å². The molecule has 1 unspecified atom stereocenters. The minimum Gasteiger partial charge on any atom is -0.318 e. The van der Waals surface area contributed by atoms with Gasteiger partial charge in [0.15, 0.2) is 0 Å². The largest absolute Gasteiger partial charge is 0.318 e. The molecule has 1 aromatic heterocycles. The zero-order valence-electron chi connectivity index (χ0n) is 12.1. The van der Waals surface area contributed by atoms with Crippen LogP contribution in [-0.2, 0) is 6.42 Å². The standard InChI is InChI=1S/C16H22N2S/c1-5-14-11(4)19-16(18-14)15(17)13-8-6-12(7-9-13)10(2)3/h6-10,15H,5,17H2,1-4H3. The maximum absolute atomic E-state index is 6.33. The van der Waals surface area contributed by atoms with Gasteiger partial charge in [-0.3, -0.25) is 0 Å². The predicted molar refractivity (Wildman–Crippen MR) is 82.8 cm³/mol. The number of nitrogens with zero attached hydrogens (tertiary/aromatic N) is 1. The summed E-state index contributed by atoms with van der Waals surface area (Å²) in [6, 6.07) is 8.48. The number of hydrogen-bond donors (Lipinski definition) is 1. The van der Waals surface area contributed by atoms with E-state index in [-0.39, 0.29) is 6.04 Å². The van der Waals surface area contributed by atoms with Gasteiger partial charge in [-0.25, -0.2) is 4.98 Å². The van der Waals surface area contributed by atoms with Crippen molar-refractivity contribution >= 4 is 11.3 Å². The molecule has 1 heterocycles. The minimum atomic E-state index is -0.106. The van der Waals surface area contributed by atoms with Crippen molar-refractivity contribution in [3.8, 4) is 0 Å². The Morgan fingerprint density at radius 3 is 2.21 bits per heavy atom. The average molecular weight is 274 g/mol. The quantitative estimate of drug-likeness (QED) is 0.908. The first-order valence-electron chi connectivity index (χ1n) is 6.84. The third-order valence-electron chi connectivity index (χ3n) is 3.47. The van der Waals surface area contributed by atoms with Crippen molar-refractivity contribution < 1.29 is 0 Å². The van der Waals surface area contributed by atoms with Gasteiger partial charge in [0.25, 0.3) is 0 Å².